The van der Waals surface area contributed by atoms with Gasteiger partial charge < -0.3 is 25.8 Å². The van der Waals surface area contributed by atoms with Crippen molar-refractivity contribution in [2.24, 2.45) is 0 Å². The van der Waals surface area contributed by atoms with Crippen LogP contribution in [0.5, 0.6) is 0 Å². The Morgan fingerprint density at radius 1 is 1.09 bits per heavy atom. The average molecular weight is 470 g/mol. The first-order valence-corrected chi connectivity index (χ1v) is 10.6. The molecule has 34 heavy (non-hydrogen) atoms. The number of carbonyl (C=O) groups excluding carboxylic acids is 3. The molecule has 0 atom stereocenters. The molecule has 3 rings (SSSR count). The van der Waals surface area contributed by atoms with E-state index in [0.717, 1.165) is 10.1 Å². The summed E-state index contributed by atoms with van der Waals surface area (Å²) < 4.78 is 11.4. The molecule has 2 aliphatic heterocycles. The van der Waals surface area contributed by atoms with Crippen LogP contribution in [0.15, 0.2) is 36.7 Å². The summed E-state index contributed by atoms with van der Waals surface area (Å²) in [6.07, 6.45) is 0.676. The predicted octanol–water partition coefficient (Wildman–Crippen LogP) is 1.47. The third kappa shape index (κ3) is 6.48. The molecule has 1 amide bonds. The standard InChI is InChI=1S/C22H27N7O5/c1-22(2,3)34-21(32)25-10-9-24-11-15(30)29-17(23)16-18(27-13-26-16)28-19(29)20(31)33-12-14-7-5-4-6-8-14/h4-8,13,24H,9-12,23H2,1-3H3,(H,25,32). The summed E-state index contributed by atoms with van der Waals surface area (Å²) in [6, 6.07) is 9.08. The highest BCUT2D eigenvalue weighted by Gasteiger charge is 2.27. The zero-order valence-electron chi connectivity index (χ0n) is 19.2. The molecule has 2 aliphatic rings. The van der Waals surface area contributed by atoms with E-state index in [2.05, 4.69) is 25.6 Å². The lowest BCUT2D eigenvalue weighted by atomic mass is 10.2. The number of rotatable bonds is 8. The number of amides is 1. The van der Waals surface area contributed by atoms with Gasteiger partial charge in [0.15, 0.2) is 11.5 Å². The number of nitrogens with zero attached hydrogens (tertiary/aromatic N) is 4. The van der Waals surface area contributed by atoms with Crippen molar-refractivity contribution in [2.75, 3.05) is 25.4 Å². The molecule has 0 unspecified atom stereocenters. The van der Waals surface area contributed by atoms with Gasteiger partial charge in [0, 0.05) is 13.1 Å². The molecule has 0 bridgehead atoms. The highest BCUT2D eigenvalue weighted by Crippen LogP contribution is 2.24. The van der Waals surface area contributed by atoms with E-state index in [0.29, 0.717) is 0 Å². The van der Waals surface area contributed by atoms with Crippen molar-refractivity contribution in [1.29, 1.82) is 0 Å². The van der Waals surface area contributed by atoms with Gasteiger partial charge in [0.25, 0.3) is 0 Å². The number of imidazole rings is 1. The number of hydrogen-bond donors (Lipinski definition) is 3. The van der Waals surface area contributed by atoms with Crippen LogP contribution < -0.4 is 16.4 Å². The number of hydrogen-bond acceptors (Lipinski definition) is 10. The molecule has 2 heterocycles. The Hall–Kier alpha value is -4.06. The molecule has 0 radical (unpaired) electrons. The minimum absolute atomic E-state index is 0.00520. The van der Waals surface area contributed by atoms with E-state index >= 15 is 0 Å². The number of esters is 1. The third-order valence-electron chi connectivity index (χ3n) is 4.38. The monoisotopic (exact) mass is 469 g/mol. The second kappa shape index (κ2) is 10.7. The highest BCUT2D eigenvalue weighted by atomic mass is 16.6. The number of nitrogens with two attached hydrogens (primary N) is 1. The van der Waals surface area contributed by atoms with Crippen LogP contribution in [0.25, 0.3) is 11.5 Å². The first-order chi connectivity index (χ1) is 16.2. The van der Waals surface area contributed by atoms with E-state index in [9.17, 15) is 14.4 Å². The zero-order chi connectivity index (χ0) is 24.7. The quantitative estimate of drug-likeness (QED) is 0.325. The van der Waals surface area contributed by atoms with Crippen molar-refractivity contribution in [3.8, 4) is 11.5 Å². The number of benzene rings is 1. The maximum atomic E-state index is 12.9. The van der Waals surface area contributed by atoms with E-state index in [-0.39, 0.29) is 49.4 Å². The number of anilines is 1. The molecule has 4 N–H and O–H groups in total. The van der Waals surface area contributed by atoms with Crippen LogP contribution in [0.4, 0.5) is 10.6 Å². The van der Waals surface area contributed by atoms with E-state index in [1.165, 1.54) is 6.33 Å². The highest BCUT2D eigenvalue weighted by molar-refractivity contribution is 5.96. The van der Waals surface area contributed by atoms with Crippen molar-refractivity contribution in [3.05, 3.63) is 48.0 Å². The minimum atomic E-state index is -0.833. The Balaban J connectivity index is 1.66. The van der Waals surface area contributed by atoms with E-state index in [4.69, 9.17) is 15.2 Å². The Labute approximate surface area is 196 Å². The molecule has 0 saturated heterocycles. The van der Waals surface area contributed by atoms with E-state index < -0.39 is 23.6 Å². The van der Waals surface area contributed by atoms with Gasteiger partial charge >= 0.3 is 12.1 Å². The lowest BCUT2D eigenvalue weighted by Crippen LogP contribution is -2.39. The van der Waals surface area contributed by atoms with Gasteiger partial charge in [-0.25, -0.2) is 29.1 Å². The normalized spacial score (nSPS) is 11.3. The lowest BCUT2D eigenvalue weighted by Gasteiger charge is -2.19. The molecule has 1 aromatic carbocycles. The summed E-state index contributed by atoms with van der Waals surface area (Å²) >= 11 is 0. The number of fused-ring (bicyclic) bond motifs is 1. The fraction of sp³-hybridized carbons (Fsp3) is 0.364. The first kappa shape index (κ1) is 24.6. The number of alkyl carbamates (subject to hydrolysis) is 1. The summed E-state index contributed by atoms with van der Waals surface area (Å²) in [6.45, 7) is 5.57. The van der Waals surface area contributed by atoms with Gasteiger partial charge in [-0.2, -0.15) is 0 Å². The van der Waals surface area contributed by atoms with Gasteiger partial charge in [0.1, 0.15) is 24.4 Å². The Kier molecular flexibility index (Phi) is 7.74. The van der Waals surface area contributed by atoms with Gasteiger partial charge in [0.05, 0.1) is 6.54 Å². The average Bonchev–Trinajstić information content (AvgIpc) is 3.25. The molecular formula is C22H27N7O5. The van der Waals surface area contributed by atoms with E-state index in [1.54, 1.807) is 32.9 Å². The van der Waals surface area contributed by atoms with E-state index in [1.807, 2.05) is 18.2 Å². The molecule has 0 fully saturated rings. The summed E-state index contributed by atoms with van der Waals surface area (Å²) in [4.78, 5) is 49.5. The summed E-state index contributed by atoms with van der Waals surface area (Å²) in [5.74, 6) is -1.64. The molecule has 180 valence electrons. The van der Waals surface area contributed by atoms with Crippen molar-refractivity contribution >= 4 is 23.8 Å². The second-order valence-corrected chi connectivity index (χ2v) is 8.26. The summed E-state index contributed by atoms with van der Waals surface area (Å²) in [7, 11) is 0. The van der Waals surface area contributed by atoms with Crippen LogP contribution in [0.3, 0.4) is 0 Å². The molecule has 0 saturated carbocycles. The Morgan fingerprint density at radius 3 is 2.53 bits per heavy atom. The second-order valence-electron chi connectivity index (χ2n) is 8.26. The van der Waals surface area contributed by atoms with Crippen molar-refractivity contribution in [1.82, 2.24) is 30.2 Å². The molecule has 12 heteroatoms. The Bertz CT molecular complexity index is 1120. The molecule has 12 nitrogen and oxygen atoms in total. The number of carbonyl (C=O) groups is 3. The molecular weight excluding hydrogens is 442 g/mol. The van der Waals surface area contributed by atoms with Gasteiger partial charge in [-0.15, -0.1) is 0 Å². The smallest absolute Gasteiger partial charge is 0.407 e. The van der Waals surface area contributed by atoms with Crippen LogP contribution in [-0.2, 0) is 16.1 Å². The maximum Gasteiger partial charge on any atom is 0.407 e. The van der Waals surface area contributed by atoms with Gasteiger partial charge in [-0.1, -0.05) is 30.3 Å². The van der Waals surface area contributed by atoms with Crippen LogP contribution in [0.2, 0.25) is 0 Å². The van der Waals surface area contributed by atoms with Crippen LogP contribution in [0, 0.1) is 0 Å². The maximum absolute atomic E-state index is 12.9. The molecule has 1 aromatic rings. The first-order valence-electron chi connectivity index (χ1n) is 10.6. The topological polar surface area (TPSA) is 163 Å². The van der Waals surface area contributed by atoms with Gasteiger partial charge in [-0.05, 0) is 26.3 Å². The minimum Gasteiger partial charge on any atom is -0.455 e. The molecule has 0 aromatic heterocycles. The summed E-state index contributed by atoms with van der Waals surface area (Å²) in [5.41, 5.74) is 6.49. The van der Waals surface area contributed by atoms with Crippen molar-refractivity contribution < 1.29 is 23.9 Å². The number of nitrogens with one attached hydrogen (secondary N) is 2. The molecule has 0 spiro atoms. The number of aromatic nitrogens is 4. The predicted molar refractivity (Wildman–Crippen MR) is 122 cm³/mol. The van der Waals surface area contributed by atoms with Gasteiger partial charge in [0.2, 0.25) is 11.7 Å². The molecule has 0 aliphatic carbocycles. The fourth-order valence-electron chi connectivity index (χ4n) is 2.91. The zero-order valence-corrected chi connectivity index (χ0v) is 19.2. The van der Waals surface area contributed by atoms with Crippen molar-refractivity contribution in [2.45, 2.75) is 33.0 Å². The van der Waals surface area contributed by atoms with Crippen LogP contribution in [-0.4, -0.2) is 62.7 Å². The number of nitrogen functional groups attached to an aromatic ring is 1. The third-order valence-corrected chi connectivity index (χ3v) is 4.38. The van der Waals surface area contributed by atoms with Gasteiger partial charge in [-0.3, -0.25) is 4.79 Å². The largest absolute Gasteiger partial charge is 0.455 e. The number of ether oxygens (including phenoxy) is 2. The lowest BCUT2D eigenvalue weighted by molar-refractivity contribution is 0.0445. The van der Waals surface area contributed by atoms with Crippen LogP contribution in [0.1, 0.15) is 41.7 Å². The fourth-order valence-corrected chi connectivity index (χ4v) is 2.91. The summed E-state index contributed by atoms with van der Waals surface area (Å²) in [5, 5.41) is 5.46. The van der Waals surface area contributed by atoms with Crippen molar-refractivity contribution in [3.63, 3.8) is 0 Å². The van der Waals surface area contributed by atoms with Crippen LogP contribution >= 0.6 is 0 Å². The SMILES string of the molecule is CC(C)(C)OC(=O)NCCNCC(=O)n1c(C(=O)OCc2ccccc2)nc2ncnc-2c1N. The Morgan fingerprint density at radius 2 is 1.82 bits per heavy atom.